The van der Waals surface area contributed by atoms with Gasteiger partial charge in [-0.2, -0.15) is 0 Å². The third-order valence-corrected chi connectivity index (χ3v) is 6.01. The molecule has 0 saturated heterocycles. The van der Waals surface area contributed by atoms with Crippen LogP contribution in [-0.2, 0) is 9.63 Å². The first-order valence-corrected chi connectivity index (χ1v) is 11.6. The lowest BCUT2D eigenvalue weighted by molar-refractivity contribution is -0.116. The number of aliphatic hydroxyl groups excluding tert-OH is 1. The van der Waals surface area contributed by atoms with E-state index in [2.05, 4.69) is 38.1 Å². The number of hydrogen-bond acceptors (Lipinski definition) is 4. The molecule has 0 aliphatic heterocycles. The molecule has 0 heterocycles. The number of hydrogen-bond donors (Lipinski definition) is 1. The van der Waals surface area contributed by atoms with Crippen LogP contribution in [0.1, 0.15) is 99.8 Å². The molecule has 166 valence electrons. The van der Waals surface area contributed by atoms with Crippen LogP contribution >= 0.6 is 0 Å². The van der Waals surface area contributed by atoms with Gasteiger partial charge >= 0.3 is 0 Å². The molecular formula is C26H39NO3. The Labute approximate surface area is 182 Å². The van der Waals surface area contributed by atoms with E-state index in [0.29, 0.717) is 37.2 Å². The summed E-state index contributed by atoms with van der Waals surface area (Å²) in [5, 5.41) is 14.5. The Balaban J connectivity index is 0.000000456. The lowest BCUT2D eigenvalue weighted by Gasteiger charge is -2.27. The van der Waals surface area contributed by atoms with E-state index in [0.717, 1.165) is 0 Å². The molecule has 0 bridgehead atoms. The normalized spacial score (nSPS) is 20.0. The van der Waals surface area contributed by atoms with Crippen LogP contribution in [0.3, 0.4) is 0 Å². The van der Waals surface area contributed by atoms with Crippen LogP contribution in [0.15, 0.2) is 28.6 Å². The number of Topliss-reactive ketones (excluding diaryl/α,β-unsaturated/α-hetero) is 1. The second-order valence-corrected chi connectivity index (χ2v) is 8.59. The van der Waals surface area contributed by atoms with Crippen LogP contribution in [0, 0.1) is 20.8 Å². The lowest BCUT2D eigenvalue weighted by atomic mass is 9.78. The molecular weight excluding hydrogens is 374 g/mol. The molecule has 0 aromatic heterocycles. The van der Waals surface area contributed by atoms with E-state index in [1.165, 1.54) is 60.8 Å². The number of allylic oxidation sites excluding steroid dienone is 2. The minimum absolute atomic E-state index is 0.0204. The second kappa shape index (κ2) is 11.9. The Kier molecular flexibility index (Phi) is 9.61. The number of carbonyl (C=O) groups excluding carboxylic acids is 1. The van der Waals surface area contributed by atoms with Gasteiger partial charge in [0.15, 0.2) is 5.78 Å². The Morgan fingerprint density at radius 1 is 1.00 bits per heavy atom. The van der Waals surface area contributed by atoms with Crippen molar-refractivity contribution in [1.82, 2.24) is 0 Å². The van der Waals surface area contributed by atoms with Crippen molar-refractivity contribution >= 4 is 11.5 Å². The Morgan fingerprint density at radius 3 is 1.97 bits per heavy atom. The van der Waals surface area contributed by atoms with Gasteiger partial charge in [-0.1, -0.05) is 68.3 Å². The van der Waals surface area contributed by atoms with Crippen LogP contribution in [0.4, 0.5) is 0 Å². The molecule has 1 unspecified atom stereocenters. The van der Waals surface area contributed by atoms with Gasteiger partial charge in [0.1, 0.15) is 12.4 Å². The number of carbonyl (C=O) groups is 1. The van der Waals surface area contributed by atoms with Gasteiger partial charge in [0.05, 0.1) is 11.3 Å². The van der Waals surface area contributed by atoms with Gasteiger partial charge < -0.3 is 9.94 Å². The molecule has 0 amide bonds. The zero-order valence-electron chi connectivity index (χ0n) is 19.5. The van der Waals surface area contributed by atoms with Gasteiger partial charge in [-0.05, 0) is 56.7 Å². The minimum Gasteiger partial charge on any atom is -0.511 e. The summed E-state index contributed by atoms with van der Waals surface area (Å²) in [5.41, 5.74) is 5.65. The number of nitrogens with zero attached hydrogens (tertiary/aromatic N) is 1. The number of benzene rings is 1. The van der Waals surface area contributed by atoms with E-state index in [-0.39, 0.29) is 17.5 Å². The van der Waals surface area contributed by atoms with Crippen LogP contribution in [0.5, 0.6) is 0 Å². The van der Waals surface area contributed by atoms with Gasteiger partial charge in [-0.3, -0.25) is 4.79 Å². The van der Waals surface area contributed by atoms with E-state index < -0.39 is 0 Å². The van der Waals surface area contributed by atoms with Crippen molar-refractivity contribution in [2.75, 3.05) is 6.61 Å². The quantitative estimate of drug-likeness (QED) is 0.417. The van der Waals surface area contributed by atoms with E-state index >= 15 is 0 Å². The van der Waals surface area contributed by atoms with Gasteiger partial charge in [0.2, 0.25) is 0 Å². The highest BCUT2D eigenvalue weighted by molar-refractivity contribution is 6.23. The van der Waals surface area contributed by atoms with Crippen LogP contribution in [-0.4, -0.2) is 23.2 Å². The summed E-state index contributed by atoms with van der Waals surface area (Å²) in [7, 11) is 0. The Bertz CT molecular complexity index is 753. The maximum Gasteiger partial charge on any atom is 0.168 e. The smallest absolute Gasteiger partial charge is 0.168 e. The molecule has 1 saturated carbocycles. The predicted octanol–water partition coefficient (Wildman–Crippen LogP) is 7.01. The van der Waals surface area contributed by atoms with Gasteiger partial charge in [0.25, 0.3) is 0 Å². The second-order valence-electron chi connectivity index (χ2n) is 8.59. The molecule has 2 aliphatic rings. The number of rotatable bonds is 5. The monoisotopic (exact) mass is 413 g/mol. The third kappa shape index (κ3) is 6.45. The average molecular weight is 414 g/mol. The summed E-state index contributed by atoms with van der Waals surface area (Å²) in [6, 6.07) is 4.27. The van der Waals surface area contributed by atoms with Crippen molar-refractivity contribution in [3.05, 3.63) is 45.7 Å². The molecule has 3 rings (SSSR count). The first-order valence-electron chi connectivity index (χ1n) is 11.6. The molecule has 4 heteroatoms. The molecule has 1 N–H and O–H groups in total. The Hall–Kier alpha value is -2.10. The highest BCUT2D eigenvalue weighted by atomic mass is 16.6. The summed E-state index contributed by atoms with van der Waals surface area (Å²) >= 11 is 0. The molecule has 1 fully saturated rings. The fourth-order valence-electron chi connectivity index (χ4n) is 4.75. The highest BCUT2D eigenvalue weighted by Gasteiger charge is 2.32. The van der Waals surface area contributed by atoms with Crippen molar-refractivity contribution in [2.45, 2.75) is 98.3 Å². The fraction of sp³-hybridized carbons (Fsp3) is 0.615. The maximum absolute atomic E-state index is 12.7. The maximum atomic E-state index is 12.7. The average Bonchev–Trinajstić information content (AvgIpc) is 2.71. The topological polar surface area (TPSA) is 58.9 Å². The zero-order valence-corrected chi connectivity index (χ0v) is 19.5. The third-order valence-electron chi connectivity index (χ3n) is 6.01. The molecule has 1 atom stereocenters. The van der Waals surface area contributed by atoms with Crippen LogP contribution < -0.4 is 0 Å². The standard InChI is InChI=1S/C20H27NO3.C6H12/c1-6-16(21-24-7-2)20-17(22)10-15(11-18(20)23)19-13(4)8-12(3)9-14(19)5;1-2-4-6-5-3-1/h8-9,15,22H,6-7,10-11H2,1-5H3;1-6H2. The Morgan fingerprint density at radius 2 is 1.53 bits per heavy atom. The first-order chi connectivity index (χ1) is 14.4. The molecule has 2 aliphatic carbocycles. The molecule has 1 aromatic carbocycles. The highest BCUT2D eigenvalue weighted by Crippen LogP contribution is 2.37. The van der Waals surface area contributed by atoms with Crippen molar-refractivity contribution in [3.8, 4) is 0 Å². The minimum atomic E-state index is -0.0524. The molecule has 1 aromatic rings. The van der Waals surface area contributed by atoms with Gasteiger partial charge in [-0.25, -0.2) is 0 Å². The predicted molar refractivity (Wildman–Crippen MR) is 124 cm³/mol. The summed E-state index contributed by atoms with van der Waals surface area (Å²) in [5.74, 6) is 0.103. The van der Waals surface area contributed by atoms with Crippen LogP contribution in [0.2, 0.25) is 0 Å². The summed E-state index contributed by atoms with van der Waals surface area (Å²) in [6.07, 6.45) is 10.4. The van der Waals surface area contributed by atoms with Crippen molar-refractivity contribution in [3.63, 3.8) is 0 Å². The molecule has 0 radical (unpaired) electrons. The van der Waals surface area contributed by atoms with E-state index in [9.17, 15) is 9.90 Å². The number of ketones is 1. The van der Waals surface area contributed by atoms with E-state index in [1.54, 1.807) is 0 Å². The molecule has 0 spiro atoms. The lowest BCUT2D eigenvalue weighted by Crippen LogP contribution is -2.24. The number of aryl methyl sites for hydroxylation is 3. The van der Waals surface area contributed by atoms with Gasteiger partial charge in [-0.15, -0.1) is 0 Å². The number of aliphatic hydroxyl groups is 1. The first kappa shape index (κ1) is 24.2. The molecule has 30 heavy (non-hydrogen) atoms. The SMILES string of the molecule is C1CCCCC1.CCON=C(CC)C1=C(O)CC(c2c(C)cc(C)cc2C)CC1=O. The zero-order chi connectivity index (χ0) is 22.1. The van der Waals surface area contributed by atoms with E-state index in [1.807, 2.05) is 13.8 Å². The number of oxime groups is 1. The van der Waals surface area contributed by atoms with Crippen LogP contribution in [0.25, 0.3) is 0 Å². The summed E-state index contributed by atoms with van der Waals surface area (Å²) in [6.45, 7) is 10.4. The largest absolute Gasteiger partial charge is 0.511 e. The van der Waals surface area contributed by atoms with Crippen molar-refractivity contribution < 1.29 is 14.7 Å². The van der Waals surface area contributed by atoms with Crippen molar-refractivity contribution in [1.29, 1.82) is 0 Å². The summed E-state index contributed by atoms with van der Waals surface area (Å²) < 4.78 is 0. The summed E-state index contributed by atoms with van der Waals surface area (Å²) in [4.78, 5) is 17.8. The molecule has 4 nitrogen and oxygen atoms in total. The van der Waals surface area contributed by atoms with Crippen molar-refractivity contribution in [2.24, 2.45) is 5.16 Å². The van der Waals surface area contributed by atoms with E-state index in [4.69, 9.17) is 4.84 Å². The fourth-order valence-corrected chi connectivity index (χ4v) is 4.75. The van der Waals surface area contributed by atoms with Gasteiger partial charge in [0, 0.05) is 12.8 Å².